The van der Waals surface area contributed by atoms with Gasteiger partial charge in [-0.1, -0.05) is 28.1 Å². The first-order chi connectivity index (χ1) is 11.1. The molecule has 1 amide bonds. The second-order valence-corrected chi connectivity index (χ2v) is 6.72. The Hall–Kier alpha value is -1.79. The van der Waals surface area contributed by atoms with Crippen LogP contribution in [-0.2, 0) is 9.53 Å². The average molecular weight is 394 g/mol. The number of thioether (sulfide) groups is 1. The second-order valence-electron chi connectivity index (χ2n) is 4.64. The van der Waals surface area contributed by atoms with Crippen molar-refractivity contribution in [1.29, 1.82) is 0 Å². The van der Waals surface area contributed by atoms with Crippen LogP contribution in [0.3, 0.4) is 0 Å². The lowest BCUT2D eigenvalue weighted by atomic mass is 10.2. The van der Waals surface area contributed by atoms with E-state index >= 15 is 0 Å². The van der Waals surface area contributed by atoms with Gasteiger partial charge in [-0.2, -0.15) is 0 Å². The summed E-state index contributed by atoms with van der Waals surface area (Å²) in [6, 6.07) is 14.7. The fraction of sp³-hybridized carbons (Fsp3) is 0.176. The normalized spacial score (nSPS) is 10.2. The molecule has 2 aromatic carbocycles. The van der Waals surface area contributed by atoms with E-state index in [4.69, 9.17) is 4.74 Å². The van der Waals surface area contributed by atoms with E-state index in [9.17, 15) is 9.59 Å². The van der Waals surface area contributed by atoms with Gasteiger partial charge in [0.2, 0.25) is 5.91 Å². The van der Waals surface area contributed by atoms with Crippen LogP contribution in [0.5, 0.6) is 0 Å². The number of hydrogen-bond donors (Lipinski definition) is 1. The predicted molar refractivity (Wildman–Crippen MR) is 95.9 cm³/mol. The summed E-state index contributed by atoms with van der Waals surface area (Å²) in [5.41, 5.74) is 0.821. The van der Waals surface area contributed by atoms with Crippen molar-refractivity contribution < 1.29 is 14.3 Å². The van der Waals surface area contributed by atoms with E-state index in [1.807, 2.05) is 24.3 Å². The fourth-order valence-corrected chi connectivity index (χ4v) is 3.00. The van der Waals surface area contributed by atoms with Crippen molar-refractivity contribution in [3.63, 3.8) is 0 Å². The molecule has 0 aliphatic rings. The monoisotopic (exact) mass is 393 g/mol. The molecular formula is C17H16BrNO3S. The molecular weight excluding hydrogens is 378 g/mol. The molecule has 2 rings (SSSR count). The molecule has 2 aromatic rings. The molecule has 0 aliphatic heterocycles. The first kappa shape index (κ1) is 17.6. The molecule has 0 fully saturated rings. The first-order valence-electron chi connectivity index (χ1n) is 6.95. The molecule has 1 N–H and O–H groups in total. The van der Waals surface area contributed by atoms with Crippen LogP contribution in [0.2, 0.25) is 0 Å². The van der Waals surface area contributed by atoms with E-state index in [1.54, 1.807) is 36.0 Å². The summed E-state index contributed by atoms with van der Waals surface area (Å²) in [5, 5.41) is 2.76. The fourth-order valence-electron chi connectivity index (χ4n) is 1.89. The zero-order valence-electron chi connectivity index (χ0n) is 12.5. The summed E-state index contributed by atoms with van der Waals surface area (Å²) in [7, 11) is 1.32. The molecule has 0 atom stereocenters. The Balaban J connectivity index is 1.88. The van der Waals surface area contributed by atoms with Gasteiger partial charge in [-0.15, -0.1) is 11.8 Å². The van der Waals surface area contributed by atoms with Crippen molar-refractivity contribution in [2.24, 2.45) is 0 Å². The highest BCUT2D eigenvalue weighted by atomic mass is 79.9. The molecule has 120 valence electrons. The average Bonchev–Trinajstić information content (AvgIpc) is 2.56. The molecule has 0 aliphatic carbocycles. The highest BCUT2D eigenvalue weighted by Gasteiger charge is 2.13. The smallest absolute Gasteiger partial charge is 0.339 e. The number of carbonyl (C=O) groups excluding carboxylic acids is 2. The number of benzene rings is 2. The maximum absolute atomic E-state index is 12.0. The molecule has 0 unspecified atom stereocenters. The van der Waals surface area contributed by atoms with E-state index in [0.29, 0.717) is 23.4 Å². The van der Waals surface area contributed by atoms with Crippen molar-refractivity contribution in [3.8, 4) is 0 Å². The van der Waals surface area contributed by atoms with Gasteiger partial charge in [-0.05, 0) is 36.4 Å². The van der Waals surface area contributed by atoms with Crippen LogP contribution in [0.25, 0.3) is 0 Å². The van der Waals surface area contributed by atoms with Gasteiger partial charge >= 0.3 is 5.97 Å². The number of anilines is 1. The standard InChI is InChI=1S/C17H16BrNO3S/c1-22-17(21)14-4-2-3-5-15(14)19-16(20)10-11-23-13-8-6-12(18)7-9-13/h2-9H,10-11H2,1H3,(H,19,20). The van der Waals surface area contributed by atoms with Crippen LogP contribution >= 0.6 is 27.7 Å². The van der Waals surface area contributed by atoms with Gasteiger partial charge in [-0.25, -0.2) is 4.79 Å². The number of ether oxygens (including phenoxy) is 1. The second kappa shape index (κ2) is 8.74. The van der Waals surface area contributed by atoms with Crippen LogP contribution in [-0.4, -0.2) is 24.7 Å². The molecule has 0 saturated heterocycles. The quantitative estimate of drug-likeness (QED) is 0.585. The Morgan fingerprint density at radius 3 is 2.52 bits per heavy atom. The maximum atomic E-state index is 12.0. The van der Waals surface area contributed by atoms with Crippen LogP contribution in [0.4, 0.5) is 5.69 Å². The molecule has 0 spiro atoms. The number of nitrogens with one attached hydrogen (secondary N) is 1. The summed E-state index contributed by atoms with van der Waals surface area (Å²) in [6.45, 7) is 0. The van der Waals surface area contributed by atoms with Crippen molar-refractivity contribution >= 4 is 45.3 Å². The molecule has 0 heterocycles. The lowest BCUT2D eigenvalue weighted by molar-refractivity contribution is -0.115. The van der Waals surface area contributed by atoms with E-state index < -0.39 is 5.97 Å². The van der Waals surface area contributed by atoms with E-state index in [1.165, 1.54) is 7.11 Å². The van der Waals surface area contributed by atoms with Crippen LogP contribution in [0.1, 0.15) is 16.8 Å². The third-order valence-electron chi connectivity index (χ3n) is 3.02. The van der Waals surface area contributed by atoms with Crippen molar-refractivity contribution in [2.75, 3.05) is 18.2 Å². The summed E-state index contributed by atoms with van der Waals surface area (Å²) in [6.07, 6.45) is 0.357. The van der Waals surface area contributed by atoms with E-state index in [0.717, 1.165) is 9.37 Å². The number of carbonyl (C=O) groups is 2. The summed E-state index contributed by atoms with van der Waals surface area (Å²) in [5.74, 6) is 0.0597. The number of para-hydroxylation sites is 1. The predicted octanol–water partition coefficient (Wildman–Crippen LogP) is 4.36. The number of esters is 1. The summed E-state index contributed by atoms with van der Waals surface area (Å²) in [4.78, 5) is 24.8. The van der Waals surface area contributed by atoms with Crippen LogP contribution < -0.4 is 5.32 Å². The van der Waals surface area contributed by atoms with Gasteiger partial charge in [0.25, 0.3) is 0 Å². The highest BCUT2D eigenvalue weighted by Crippen LogP contribution is 2.22. The number of amides is 1. The Morgan fingerprint density at radius 1 is 1.13 bits per heavy atom. The van der Waals surface area contributed by atoms with Crippen molar-refractivity contribution in [3.05, 3.63) is 58.6 Å². The zero-order chi connectivity index (χ0) is 16.7. The van der Waals surface area contributed by atoms with Gasteiger partial charge in [0.05, 0.1) is 18.4 Å². The summed E-state index contributed by atoms with van der Waals surface area (Å²) < 4.78 is 5.74. The van der Waals surface area contributed by atoms with Crippen LogP contribution in [0.15, 0.2) is 57.9 Å². The van der Waals surface area contributed by atoms with Crippen molar-refractivity contribution in [1.82, 2.24) is 0 Å². The summed E-state index contributed by atoms with van der Waals surface area (Å²) >= 11 is 5.00. The van der Waals surface area contributed by atoms with Crippen LogP contribution in [0, 0.1) is 0 Å². The molecule has 4 nitrogen and oxygen atoms in total. The van der Waals surface area contributed by atoms with E-state index in [2.05, 4.69) is 21.2 Å². The molecule has 23 heavy (non-hydrogen) atoms. The lowest BCUT2D eigenvalue weighted by Crippen LogP contribution is -2.15. The topological polar surface area (TPSA) is 55.4 Å². The minimum absolute atomic E-state index is 0.133. The number of rotatable bonds is 6. The van der Waals surface area contributed by atoms with Gasteiger partial charge in [0.1, 0.15) is 0 Å². The molecule has 0 saturated carbocycles. The molecule has 6 heteroatoms. The maximum Gasteiger partial charge on any atom is 0.339 e. The first-order valence-corrected chi connectivity index (χ1v) is 8.73. The zero-order valence-corrected chi connectivity index (χ0v) is 14.9. The van der Waals surface area contributed by atoms with Gasteiger partial charge < -0.3 is 10.1 Å². The Bertz CT molecular complexity index is 688. The largest absolute Gasteiger partial charge is 0.465 e. The number of hydrogen-bond acceptors (Lipinski definition) is 4. The Kier molecular flexibility index (Phi) is 6.67. The lowest BCUT2D eigenvalue weighted by Gasteiger charge is -2.09. The minimum atomic E-state index is -0.467. The molecule has 0 radical (unpaired) electrons. The molecule has 0 bridgehead atoms. The Labute approximate surface area is 147 Å². The third-order valence-corrected chi connectivity index (χ3v) is 4.56. The number of halogens is 1. The van der Waals surface area contributed by atoms with Gasteiger partial charge in [0.15, 0.2) is 0 Å². The van der Waals surface area contributed by atoms with Gasteiger partial charge in [0, 0.05) is 21.5 Å². The Morgan fingerprint density at radius 2 is 1.83 bits per heavy atom. The SMILES string of the molecule is COC(=O)c1ccccc1NC(=O)CCSc1ccc(Br)cc1. The minimum Gasteiger partial charge on any atom is -0.465 e. The highest BCUT2D eigenvalue weighted by molar-refractivity contribution is 9.10. The number of methoxy groups -OCH3 is 1. The third kappa shape index (κ3) is 5.41. The molecule has 0 aromatic heterocycles. The van der Waals surface area contributed by atoms with Crippen molar-refractivity contribution in [2.45, 2.75) is 11.3 Å². The van der Waals surface area contributed by atoms with E-state index in [-0.39, 0.29) is 5.91 Å². The van der Waals surface area contributed by atoms with Gasteiger partial charge in [-0.3, -0.25) is 4.79 Å².